The van der Waals surface area contributed by atoms with Crippen molar-refractivity contribution in [3.8, 4) is 11.5 Å². The van der Waals surface area contributed by atoms with E-state index >= 15 is 0 Å². The molecule has 3 nitrogen and oxygen atoms in total. The highest BCUT2D eigenvalue weighted by Gasteiger charge is 2.34. The Kier molecular flexibility index (Phi) is 3.63. The molecule has 0 saturated carbocycles. The Morgan fingerprint density at radius 1 is 1.35 bits per heavy atom. The van der Waals surface area contributed by atoms with Gasteiger partial charge in [0.2, 0.25) is 0 Å². The lowest BCUT2D eigenvalue weighted by Gasteiger charge is -2.21. The zero-order valence-corrected chi connectivity index (χ0v) is 12.9. The van der Waals surface area contributed by atoms with Gasteiger partial charge in [-0.2, -0.15) is 0 Å². The van der Waals surface area contributed by atoms with E-state index < -0.39 is 0 Å². The van der Waals surface area contributed by atoms with Gasteiger partial charge in [-0.05, 0) is 38.8 Å². The first-order valence-electron chi connectivity index (χ1n) is 7.75. The summed E-state index contributed by atoms with van der Waals surface area (Å²) in [4.78, 5) is 0. The molecule has 2 aliphatic rings. The lowest BCUT2D eigenvalue weighted by Crippen LogP contribution is -2.28. The van der Waals surface area contributed by atoms with E-state index in [2.05, 4.69) is 38.2 Å². The number of hydrogen-bond donors (Lipinski definition) is 1. The predicted octanol–water partition coefficient (Wildman–Crippen LogP) is 3.26. The fourth-order valence-corrected chi connectivity index (χ4v) is 3.76. The number of methoxy groups -OCH3 is 1. The zero-order chi connectivity index (χ0) is 14.3. The molecule has 110 valence electrons. The van der Waals surface area contributed by atoms with Crippen LogP contribution in [0.5, 0.6) is 11.5 Å². The highest BCUT2D eigenvalue weighted by atomic mass is 16.5. The molecule has 1 aromatic carbocycles. The quantitative estimate of drug-likeness (QED) is 0.918. The van der Waals surface area contributed by atoms with Crippen molar-refractivity contribution in [1.82, 2.24) is 5.32 Å². The number of hydrogen-bond acceptors (Lipinski definition) is 3. The van der Waals surface area contributed by atoms with E-state index in [-0.39, 0.29) is 6.10 Å². The maximum Gasteiger partial charge on any atom is 0.123 e. The first-order chi connectivity index (χ1) is 9.62. The lowest BCUT2D eigenvalue weighted by molar-refractivity contribution is 0.254. The number of benzene rings is 1. The molecule has 0 aromatic heterocycles. The summed E-state index contributed by atoms with van der Waals surface area (Å²) in [5.74, 6) is 2.61. The van der Waals surface area contributed by atoms with Gasteiger partial charge in [0.15, 0.2) is 0 Å². The first-order valence-corrected chi connectivity index (χ1v) is 7.75. The topological polar surface area (TPSA) is 30.5 Å². The average molecular weight is 275 g/mol. The van der Waals surface area contributed by atoms with Crippen LogP contribution in [0.1, 0.15) is 50.7 Å². The molecule has 2 aliphatic heterocycles. The highest BCUT2D eigenvalue weighted by Crippen LogP contribution is 2.42. The molecule has 0 amide bonds. The van der Waals surface area contributed by atoms with Crippen molar-refractivity contribution in [3.05, 3.63) is 23.3 Å². The first kappa shape index (κ1) is 13.7. The van der Waals surface area contributed by atoms with Gasteiger partial charge < -0.3 is 14.8 Å². The van der Waals surface area contributed by atoms with Crippen molar-refractivity contribution < 1.29 is 9.47 Å². The van der Waals surface area contributed by atoms with Crippen molar-refractivity contribution in [3.63, 3.8) is 0 Å². The average Bonchev–Trinajstić information content (AvgIpc) is 2.97. The predicted molar refractivity (Wildman–Crippen MR) is 80.8 cm³/mol. The van der Waals surface area contributed by atoms with Crippen molar-refractivity contribution in [2.75, 3.05) is 7.11 Å². The third-order valence-corrected chi connectivity index (χ3v) is 4.68. The van der Waals surface area contributed by atoms with Crippen molar-refractivity contribution in [2.24, 2.45) is 0 Å². The van der Waals surface area contributed by atoms with Crippen LogP contribution in [-0.2, 0) is 6.42 Å². The maximum atomic E-state index is 5.93. The van der Waals surface area contributed by atoms with Crippen LogP contribution in [-0.4, -0.2) is 25.3 Å². The molecule has 0 radical (unpaired) electrons. The van der Waals surface area contributed by atoms with Crippen LogP contribution in [0.4, 0.5) is 0 Å². The molecule has 3 rings (SSSR count). The minimum atomic E-state index is 0.285. The normalized spacial score (nSPS) is 32.0. The van der Waals surface area contributed by atoms with Gasteiger partial charge in [-0.15, -0.1) is 0 Å². The van der Waals surface area contributed by atoms with Crippen LogP contribution in [0, 0.1) is 0 Å². The van der Waals surface area contributed by atoms with E-state index in [1.165, 1.54) is 17.5 Å². The fourth-order valence-electron chi connectivity index (χ4n) is 3.76. The molecule has 1 N–H and O–H groups in total. The molecular formula is C17H25NO2. The number of fused-ring (bicyclic) bond motifs is 1. The summed E-state index contributed by atoms with van der Waals surface area (Å²) >= 11 is 0. The van der Waals surface area contributed by atoms with Crippen LogP contribution in [0.3, 0.4) is 0 Å². The minimum absolute atomic E-state index is 0.285. The molecule has 2 heterocycles. The van der Waals surface area contributed by atoms with E-state index in [0.717, 1.165) is 24.3 Å². The van der Waals surface area contributed by atoms with Gasteiger partial charge in [0.05, 0.1) is 7.11 Å². The van der Waals surface area contributed by atoms with Crippen molar-refractivity contribution >= 4 is 0 Å². The molecule has 0 aliphatic carbocycles. The van der Waals surface area contributed by atoms with Crippen molar-refractivity contribution in [1.29, 1.82) is 0 Å². The Hall–Kier alpha value is -1.22. The van der Waals surface area contributed by atoms with Crippen LogP contribution in [0.15, 0.2) is 12.1 Å². The fraction of sp³-hybridized carbons (Fsp3) is 0.647. The van der Waals surface area contributed by atoms with Crippen LogP contribution >= 0.6 is 0 Å². The molecule has 3 heteroatoms. The van der Waals surface area contributed by atoms with Crippen molar-refractivity contribution in [2.45, 2.75) is 64.1 Å². The van der Waals surface area contributed by atoms with Crippen LogP contribution in [0.25, 0.3) is 0 Å². The number of nitrogens with one attached hydrogen (secondary N) is 1. The smallest absolute Gasteiger partial charge is 0.123 e. The summed E-state index contributed by atoms with van der Waals surface area (Å²) in [7, 11) is 1.78. The maximum absolute atomic E-state index is 5.93. The van der Waals surface area contributed by atoms with Gasteiger partial charge in [-0.3, -0.25) is 0 Å². The van der Waals surface area contributed by atoms with Gasteiger partial charge >= 0.3 is 0 Å². The third-order valence-electron chi connectivity index (χ3n) is 4.68. The number of rotatable bonds is 3. The molecule has 20 heavy (non-hydrogen) atoms. The second-order valence-electron chi connectivity index (χ2n) is 6.26. The third kappa shape index (κ3) is 2.28. The van der Waals surface area contributed by atoms with E-state index in [4.69, 9.17) is 9.47 Å². The summed E-state index contributed by atoms with van der Waals surface area (Å²) in [6.45, 7) is 6.64. The van der Waals surface area contributed by atoms with E-state index in [1.807, 2.05) is 0 Å². The Morgan fingerprint density at radius 2 is 2.15 bits per heavy atom. The highest BCUT2D eigenvalue weighted by molar-refractivity contribution is 5.50. The second kappa shape index (κ2) is 5.28. The molecule has 0 spiro atoms. The van der Waals surface area contributed by atoms with Gasteiger partial charge in [-0.25, -0.2) is 0 Å². The molecular weight excluding hydrogens is 250 g/mol. The molecule has 1 fully saturated rings. The Morgan fingerprint density at radius 3 is 2.85 bits per heavy atom. The molecule has 0 bridgehead atoms. The largest absolute Gasteiger partial charge is 0.496 e. The second-order valence-corrected chi connectivity index (χ2v) is 6.26. The Labute approximate surface area is 121 Å². The molecule has 4 atom stereocenters. The molecule has 4 unspecified atom stereocenters. The van der Waals surface area contributed by atoms with Gasteiger partial charge in [0.1, 0.15) is 17.6 Å². The number of ether oxygens (including phenoxy) is 2. The SMILES string of the molecule is CCC1NC(C)CC1c1cc2c(cc1OC)CC(C)O2. The lowest BCUT2D eigenvalue weighted by atomic mass is 9.88. The zero-order valence-electron chi connectivity index (χ0n) is 12.9. The summed E-state index contributed by atoms with van der Waals surface area (Å²) in [5.41, 5.74) is 2.59. The van der Waals surface area contributed by atoms with Gasteiger partial charge in [0.25, 0.3) is 0 Å². The summed E-state index contributed by atoms with van der Waals surface area (Å²) in [6, 6.07) is 5.52. The van der Waals surface area contributed by atoms with E-state index in [0.29, 0.717) is 18.0 Å². The van der Waals surface area contributed by atoms with Gasteiger partial charge in [0, 0.05) is 35.5 Å². The van der Waals surface area contributed by atoms with E-state index in [1.54, 1.807) is 7.11 Å². The molecule has 1 saturated heterocycles. The van der Waals surface area contributed by atoms with Crippen LogP contribution in [0.2, 0.25) is 0 Å². The van der Waals surface area contributed by atoms with E-state index in [9.17, 15) is 0 Å². The molecule has 1 aromatic rings. The Balaban J connectivity index is 1.98. The summed E-state index contributed by atoms with van der Waals surface area (Å²) < 4.78 is 11.6. The standard InChI is InChI=1S/C17H25NO2/c1-5-15-13(6-10(2)18-15)14-9-16-12(7-11(3)20-16)8-17(14)19-4/h8-11,13,15,18H,5-7H2,1-4H3. The van der Waals surface area contributed by atoms with Gasteiger partial charge in [-0.1, -0.05) is 6.92 Å². The summed E-state index contributed by atoms with van der Waals surface area (Å²) in [5, 5.41) is 3.68. The monoisotopic (exact) mass is 275 g/mol. The summed E-state index contributed by atoms with van der Waals surface area (Å²) in [6.07, 6.45) is 3.59. The van der Waals surface area contributed by atoms with Crippen LogP contribution < -0.4 is 14.8 Å². The minimum Gasteiger partial charge on any atom is -0.496 e. The Bertz CT molecular complexity index is 500.